The fraction of sp³-hybridized carbons (Fsp3) is 0.227. The molecule has 28 heavy (non-hydrogen) atoms. The van der Waals surface area contributed by atoms with Gasteiger partial charge in [0.2, 0.25) is 0 Å². The van der Waals surface area contributed by atoms with Gasteiger partial charge >= 0.3 is 0 Å². The van der Waals surface area contributed by atoms with E-state index in [1.165, 1.54) is 0 Å². The van der Waals surface area contributed by atoms with Gasteiger partial charge in [-0.3, -0.25) is 9.59 Å². The van der Waals surface area contributed by atoms with Crippen molar-refractivity contribution in [1.82, 2.24) is 10.1 Å². The Labute approximate surface area is 164 Å². The standard InChI is InChI=1S/C22H23N3O3/c1-15(2)25(14-17-7-5-4-6-8-17)22(27)19-11-9-18(10-12-19)21(26)23-20-13-16(3)28-24-20/h4-13,15H,14H2,1-3H3,(H,23,24,26). The molecule has 0 aliphatic carbocycles. The smallest absolute Gasteiger partial charge is 0.256 e. The van der Waals surface area contributed by atoms with Crippen LogP contribution >= 0.6 is 0 Å². The van der Waals surface area contributed by atoms with Gasteiger partial charge < -0.3 is 14.7 Å². The largest absolute Gasteiger partial charge is 0.360 e. The summed E-state index contributed by atoms with van der Waals surface area (Å²) in [5.41, 5.74) is 2.05. The molecule has 0 aliphatic heterocycles. The van der Waals surface area contributed by atoms with Crippen LogP contribution in [0, 0.1) is 6.92 Å². The molecule has 3 aromatic rings. The Balaban J connectivity index is 1.71. The summed E-state index contributed by atoms with van der Waals surface area (Å²) in [5.74, 6) is 0.593. The third kappa shape index (κ3) is 4.65. The fourth-order valence-corrected chi connectivity index (χ4v) is 2.81. The number of nitrogens with zero attached hydrogens (tertiary/aromatic N) is 2. The first-order chi connectivity index (χ1) is 13.4. The number of nitrogens with one attached hydrogen (secondary N) is 1. The summed E-state index contributed by atoms with van der Waals surface area (Å²) in [6, 6.07) is 18.2. The van der Waals surface area contributed by atoms with E-state index in [1.807, 2.05) is 49.1 Å². The summed E-state index contributed by atoms with van der Waals surface area (Å²) < 4.78 is 4.93. The quantitative estimate of drug-likeness (QED) is 0.695. The molecule has 0 saturated carbocycles. The number of aromatic nitrogens is 1. The number of carbonyl (C=O) groups is 2. The minimum absolute atomic E-state index is 0.0473. The van der Waals surface area contributed by atoms with E-state index >= 15 is 0 Å². The van der Waals surface area contributed by atoms with Gasteiger partial charge in [0, 0.05) is 29.8 Å². The van der Waals surface area contributed by atoms with Crippen LogP contribution in [0.5, 0.6) is 0 Å². The minimum Gasteiger partial charge on any atom is -0.360 e. The molecule has 1 aromatic heterocycles. The van der Waals surface area contributed by atoms with Crippen molar-refractivity contribution < 1.29 is 14.1 Å². The lowest BCUT2D eigenvalue weighted by Gasteiger charge is -2.27. The molecular weight excluding hydrogens is 354 g/mol. The predicted octanol–water partition coefficient (Wildman–Crippen LogP) is 4.29. The number of carbonyl (C=O) groups excluding carboxylic acids is 2. The highest BCUT2D eigenvalue weighted by Crippen LogP contribution is 2.15. The van der Waals surface area contributed by atoms with Crippen LogP contribution in [-0.2, 0) is 6.54 Å². The van der Waals surface area contributed by atoms with Crippen molar-refractivity contribution in [2.24, 2.45) is 0 Å². The molecular formula is C22H23N3O3. The number of hydrogen-bond donors (Lipinski definition) is 1. The van der Waals surface area contributed by atoms with Crippen molar-refractivity contribution >= 4 is 17.6 Å². The molecule has 2 amide bonds. The van der Waals surface area contributed by atoms with Crippen LogP contribution in [-0.4, -0.2) is 27.9 Å². The van der Waals surface area contributed by atoms with E-state index < -0.39 is 0 Å². The van der Waals surface area contributed by atoms with Gasteiger partial charge in [0.25, 0.3) is 11.8 Å². The summed E-state index contributed by atoms with van der Waals surface area (Å²) >= 11 is 0. The number of rotatable bonds is 6. The second-order valence-electron chi connectivity index (χ2n) is 6.87. The number of aryl methyl sites for hydroxylation is 1. The van der Waals surface area contributed by atoms with Gasteiger partial charge in [-0.15, -0.1) is 0 Å². The molecule has 0 unspecified atom stereocenters. The highest BCUT2D eigenvalue weighted by atomic mass is 16.5. The number of benzene rings is 2. The van der Waals surface area contributed by atoms with Crippen LogP contribution in [0.3, 0.4) is 0 Å². The molecule has 0 saturated heterocycles. The maximum atomic E-state index is 13.0. The molecule has 144 valence electrons. The second-order valence-corrected chi connectivity index (χ2v) is 6.87. The lowest BCUT2D eigenvalue weighted by molar-refractivity contribution is 0.0690. The van der Waals surface area contributed by atoms with Gasteiger partial charge in [-0.2, -0.15) is 0 Å². The van der Waals surface area contributed by atoms with Crippen molar-refractivity contribution in [3.8, 4) is 0 Å². The minimum atomic E-state index is -0.308. The van der Waals surface area contributed by atoms with E-state index in [-0.39, 0.29) is 17.9 Å². The maximum Gasteiger partial charge on any atom is 0.256 e. The lowest BCUT2D eigenvalue weighted by Crippen LogP contribution is -2.36. The Morgan fingerprint density at radius 2 is 1.68 bits per heavy atom. The summed E-state index contributed by atoms with van der Waals surface area (Å²) in [7, 11) is 0. The topological polar surface area (TPSA) is 75.4 Å². The van der Waals surface area contributed by atoms with Gasteiger partial charge in [-0.1, -0.05) is 35.5 Å². The molecule has 1 heterocycles. The van der Waals surface area contributed by atoms with Gasteiger partial charge in [-0.25, -0.2) is 0 Å². The van der Waals surface area contributed by atoms with Crippen molar-refractivity contribution in [2.75, 3.05) is 5.32 Å². The summed E-state index contributed by atoms with van der Waals surface area (Å²) in [5, 5.41) is 6.40. The molecule has 0 atom stereocenters. The van der Waals surface area contributed by atoms with Crippen LogP contribution in [0.4, 0.5) is 5.82 Å². The molecule has 0 spiro atoms. The summed E-state index contributed by atoms with van der Waals surface area (Å²) in [6.45, 7) is 6.26. The number of hydrogen-bond acceptors (Lipinski definition) is 4. The maximum absolute atomic E-state index is 13.0. The third-order valence-electron chi connectivity index (χ3n) is 4.34. The molecule has 6 heteroatoms. The van der Waals surface area contributed by atoms with E-state index in [1.54, 1.807) is 37.3 Å². The van der Waals surface area contributed by atoms with Gasteiger partial charge in [0.05, 0.1) is 0 Å². The van der Waals surface area contributed by atoms with Gasteiger partial charge in [-0.05, 0) is 50.6 Å². The zero-order valence-electron chi connectivity index (χ0n) is 16.2. The van der Waals surface area contributed by atoms with Crippen LogP contribution in [0.2, 0.25) is 0 Å². The molecule has 0 fully saturated rings. The van der Waals surface area contributed by atoms with E-state index in [4.69, 9.17) is 4.52 Å². The van der Waals surface area contributed by atoms with E-state index in [9.17, 15) is 9.59 Å². The molecule has 6 nitrogen and oxygen atoms in total. The Morgan fingerprint density at radius 1 is 1.04 bits per heavy atom. The zero-order valence-corrected chi connectivity index (χ0v) is 16.2. The lowest BCUT2D eigenvalue weighted by atomic mass is 10.1. The van der Waals surface area contributed by atoms with Crippen molar-refractivity contribution in [3.63, 3.8) is 0 Å². The Morgan fingerprint density at radius 3 is 2.25 bits per heavy atom. The van der Waals surface area contributed by atoms with Gasteiger partial charge in [0.1, 0.15) is 5.76 Å². The summed E-state index contributed by atoms with van der Waals surface area (Å²) in [4.78, 5) is 27.1. The van der Waals surface area contributed by atoms with Crippen LogP contribution in [0.25, 0.3) is 0 Å². The summed E-state index contributed by atoms with van der Waals surface area (Å²) in [6.07, 6.45) is 0. The first-order valence-corrected chi connectivity index (χ1v) is 9.13. The van der Waals surface area contributed by atoms with Gasteiger partial charge in [0.15, 0.2) is 5.82 Å². The average Bonchev–Trinajstić information content (AvgIpc) is 3.11. The normalized spacial score (nSPS) is 10.7. The molecule has 3 rings (SSSR count). The Hall–Kier alpha value is -3.41. The van der Waals surface area contributed by atoms with E-state index in [2.05, 4.69) is 10.5 Å². The number of anilines is 1. The van der Waals surface area contributed by atoms with Crippen molar-refractivity contribution in [1.29, 1.82) is 0 Å². The fourth-order valence-electron chi connectivity index (χ4n) is 2.81. The zero-order chi connectivity index (χ0) is 20.1. The highest BCUT2D eigenvalue weighted by Gasteiger charge is 2.19. The molecule has 0 bridgehead atoms. The monoisotopic (exact) mass is 377 g/mol. The molecule has 2 aromatic carbocycles. The number of amides is 2. The first-order valence-electron chi connectivity index (χ1n) is 9.13. The Kier molecular flexibility index (Phi) is 5.89. The van der Waals surface area contributed by atoms with Crippen LogP contribution in [0.1, 0.15) is 45.9 Å². The predicted molar refractivity (Wildman–Crippen MR) is 107 cm³/mol. The molecule has 1 N–H and O–H groups in total. The van der Waals surface area contributed by atoms with E-state index in [0.29, 0.717) is 29.2 Å². The van der Waals surface area contributed by atoms with E-state index in [0.717, 1.165) is 5.56 Å². The first kappa shape index (κ1) is 19.4. The molecule has 0 aliphatic rings. The molecule has 0 radical (unpaired) electrons. The second kappa shape index (κ2) is 8.52. The average molecular weight is 377 g/mol. The Bertz CT molecular complexity index is 947. The van der Waals surface area contributed by atoms with Crippen molar-refractivity contribution in [2.45, 2.75) is 33.4 Å². The van der Waals surface area contributed by atoms with Crippen molar-refractivity contribution in [3.05, 3.63) is 83.1 Å². The SMILES string of the molecule is Cc1cc(NC(=O)c2ccc(C(=O)N(Cc3ccccc3)C(C)C)cc2)no1. The highest BCUT2D eigenvalue weighted by molar-refractivity contribution is 6.04. The van der Waals surface area contributed by atoms with Crippen LogP contribution < -0.4 is 5.32 Å². The third-order valence-corrected chi connectivity index (χ3v) is 4.34. The van der Waals surface area contributed by atoms with Crippen LogP contribution in [0.15, 0.2) is 65.2 Å².